The van der Waals surface area contributed by atoms with E-state index in [0.29, 0.717) is 11.3 Å². The Morgan fingerprint density at radius 2 is 1.81 bits per heavy atom. The molecule has 0 radical (unpaired) electrons. The summed E-state index contributed by atoms with van der Waals surface area (Å²) in [4.78, 5) is 12.6. The fourth-order valence-corrected chi connectivity index (χ4v) is 4.21. The summed E-state index contributed by atoms with van der Waals surface area (Å²) in [6, 6.07) is 13.6. The van der Waals surface area contributed by atoms with Gasteiger partial charge >= 0.3 is 0 Å². The highest BCUT2D eigenvalue weighted by atomic mass is 32.2. The average Bonchev–Trinajstić information content (AvgIpc) is 2.62. The smallest absolute Gasteiger partial charge is 0.255 e. The van der Waals surface area contributed by atoms with Crippen molar-refractivity contribution in [3.8, 4) is 0 Å². The Bertz CT molecular complexity index is 863. The molecule has 0 aliphatic carbocycles. The van der Waals surface area contributed by atoms with Crippen LogP contribution in [0.4, 0.5) is 5.69 Å². The molecule has 0 atom stereocenters. The van der Waals surface area contributed by atoms with E-state index in [4.69, 9.17) is 0 Å². The van der Waals surface area contributed by atoms with Gasteiger partial charge in [0, 0.05) is 30.1 Å². The van der Waals surface area contributed by atoms with E-state index in [1.54, 1.807) is 37.0 Å². The molecule has 0 aliphatic heterocycles. The monoisotopic (exact) mass is 392 g/mol. The number of sulfonamides is 1. The molecule has 140 valence electrons. The highest BCUT2D eigenvalue weighted by Crippen LogP contribution is 2.20. The van der Waals surface area contributed by atoms with Gasteiger partial charge in [-0.05, 0) is 62.1 Å². The molecular formula is C19H24N2O3S2. The van der Waals surface area contributed by atoms with Crippen molar-refractivity contribution in [1.29, 1.82) is 0 Å². The van der Waals surface area contributed by atoms with Gasteiger partial charge in [0.15, 0.2) is 0 Å². The van der Waals surface area contributed by atoms with Crippen molar-refractivity contribution < 1.29 is 13.2 Å². The van der Waals surface area contributed by atoms with Crippen LogP contribution >= 0.6 is 11.8 Å². The minimum atomic E-state index is -3.53. The maximum absolute atomic E-state index is 12.5. The highest BCUT2D eigenvalue weighted by molar-refractivity contribution is 7.97. The van der Waals surface area contributed by atoms with Gasteiger partial charge in [-0.15, -0.1) is 0 Å². The average molecular weight is 393 g/mol. The predicted molar refractivity (Wildman–Crippen MR) is 108 cm³/mol. The van der Waals surface area contributed by atoms with E-state index in [2.05, 4.69) is 5.32 Å². The van der Waals surface area contributed by atoms with E-state index >= 15 is 0 Å². The van der Waals surface area contributed by atoms with Crippen molar-refractivity contribution in [3.05, 3.63) is 59.7 Å². The summed E-state index contributed by atoms with van der Waals surface area (Å²) >= 11 is 1.69. The lowest BCUT2D eigenvalue weighted by molar-refractivity contribution is 0.102. The molecule has 0 aliphatic rings. The molecule has 1 N–H and O–H groups in total. The van der Waals surface area contributed by atoms with Gasteiger partial charge < -0.3 is 5.32 Å². The number of anilines is 1. The first-order chi connectivity index (χ1) is 12.3. The van der Waals surface area contributed by atoms with Gasteiger partial charge in [-0.3, -0.25) is 4.79 Å². The number of nitrogens with zero attached hydrogens (tertiary/aromatic N) is 1. The second kappa shape index (κ2) is 8.70. The standard InChI is InChI=1S/C19H24N2O3S2/c1-14(2)21(3)26(23,24)18-10-8-17(9-11-18)20-19(22)16-7-5-6-15(12-16)13-25-4/h5-12,14H,13H2,1-4H3,(H,20,22). The van der Waals surface area contributed by atoms with Crippen LogP contribution in [-0.4, -0.2) is 38.0 Å². The quantitative estimate of drug-likeness (QED) is 0.778. The molecule has 26 heavy (non-hydrogen) atoms. The van der Waals surface area contributed by atoms with Gasteiger partial charge in [0.1, 0.15) is 0 Å². The maximum Gasteiger partial charge on any atom is 0.255 e. The Balaban J connectivity index is 2.14. The molecule has 1 amide bonds. The summed E-state index contributed by atoms with van der Waals surface area (Å²) in [6.45, 7) is 3.63. The second-order valence-corrected chi connectivity index (χ2v) is 9.09. The first-order valence-electron chi connectivity index (χ1n) is 8.23. The van der Waals surface area contributed by atoms with Crippen molar-refractivity contribution in [2.24, 2.45) is 0 Å². The predicted octanol–water partition coefficient (Wildman–Crippen LogP) is 3.83. The zero-order valence-corrected chi connectivity index (χ0v) is 17.0. The highest BCUT2D eigenvalue weighted by Gasteiger charge is 2.22. The van der Waals surface area contributed by atoms with Gasteiger partial charge in [0.2, 0.25) is 10.0 Å². The lowest BCUT2D eigenvalue weighted by Crippen LogP contribution is -2.33. The van der Waals surface area contributed by atoms with Gasteiger partial charge in [-0.2, -0.15) is 16.1 Å². The number of thioether (sulfide) groups is 1. The van der Waals surface area contributed by atoms with E-state index in [0.717, 1.165) is 11.3 Å². The van der Waals surface area contributed by atoms with E-state index < -0.39 is 10.0 Å². The van der Waals surface area contributed by atoms with E-state index in [-0.39, 0.29) is 16.8 Å². The van der Waals surface area contributed by atoms with E-state index in [1.807, 2.05) is 38.3 Å². The molecule has 0 heterocycles. The first-order valence-corrected chi connectivity index (χ1v) is 11.1. The maximum atomic E-state index is 12.5. The van der Waals surface area contributed by atoms with Crippen molar-refractivity contribution in [1.82, 2.24) is 4.31 Å². The summed E-state index contributed by atoms with van der Waals surface area (Å²) in [5, 5.41) is 2.80. The van der Waals surface area contributed by atoms with Gasteiger partial charge in [-0.1, -0.05) is 12.1 Å². The molecule has 2 rings (SSSR count). The molecule has 2 aromatic carbocycles. The Morgan fingerprint density at radius 1 is 1.15 bits per heavy atom. The zero-order chi connectivity index (χ0) is 19.3. The van der Waals surface area contributed by atoms with Crippen molar-refractivity contribution in [2.75, 3.05) is 18.6 Å². The lowest BCUT2D eigenvalue weighted by atomic mass is 10.1. The molecule has 7 heteroatoms. The number of rotatable bonds is 7. The van der Waals surface area contributed by atoms with Gasteiger partial charge in [0.05, 0.1) is 4.90 Å². The topological polar surface area (TPSA) is 66.5 Å². The number of nitrogens with one attached hydrogen (secondary N) is 1. The summed E-state index contributed by atoms with van der Waals surface area (Å²) < 4.78 is 26.2. The minimum Gasteiger partial charge on any atom is -0.322 e. The summed E-state index contributed by atoms with van der Waals surface area (Å²) in [5.41, 5.74) is 2.22. The van der Waals surface area contributed by atoms with Crippen LogP contribution in [0.3, 0.4) is 0 Å². The van der Waals surface area contributed by atoms with E-state index in [1.165, 1.54) is 16.4 Å². The van der Waals surface area contributed by atoms with Crippen LogP contribution in [0.15, 0.2) is 53.4 Å². The third-order valence-corrected chi connectivity index (χ3v) is 6.69. The number of carbonyl (C=O) groups is 1. The van der Waals surface area contributed by atoms with Crippen LogP contribution in [0.5, 0.6) is 0 Å². The first kappa shape index (κ1) is 20.5. The number of carbonyl (C=O) groups excluding carboxylic acids is 1. The minimum absolute atomic E-state index is 0.132. The fraction of sp³-hybridized carbons (Fsp3) is 0.316. The number of benzene rings is 2. The zero-order valence-electron chi connectivity index (χ0n) is 15.4. The molecule has 0 aromatic heterocycles. The third kappa shape index (κ3) is 4.87. The molecule has 0 bridgehead atoms. The van der Waals surface area contributed by atoms with Crippen molar-refractivity contribution in [2.45, 2.75) is 30.5 Å². The van der Waals surface area contributed by atoms with Crippen LogP contribution in [0.1, 0.15) is 29.8 Å². The normalized spacial score (nSPS) is 11.8. The SMILES string of the molecule is CSCc1cccc(C(=O)Nc2ccc(S(=O)(=O)N(C)C(C)C)cc2)c1. The second-order valence-electron chi connectivity index (χ2n) is 6.23. The summed E-state index contributed by atoms with van der Waals surface area (Å²) in [6.07, 6.45) is 2.01. The Hall–Kier alpha value is -1.83. The van der Waals surface area contributed by atoms with E-state index in [9.17, 15) is 13.2 Å². The largest absolute Gasteiger partial charge is 0.322 e. The van der Waals surface area contributed by atoms with Crippen LogP contribution in [0, 0.1) is 0 Å². The number of amides is 1. The molecule has 0 saturated carbocycles. The van der Waals surface area contributed by atoms with Crippen LogP contribution in [-0.2, 0) is 15.8 Å². The van der Waals surface area contributed by atoms with Crippen molar-refractivity contribution in [3.63, 3.8) is 0 Å². The Kier molecular flexibility index (Phi) is 6.86. The third-order valence-electron chi connectivity index (χ3n) is 4.02. The van der Waals surface area contributed by atoms with Crippen LogP contribution in [0.2, 0.25) is 0 Å². The Labute approximate surface area is 159 Å². The van der Waals surface area contributed by atoms with Crippen LogP contribution < -0.4 is 5.32 Å². The Morgan fingerprint density at radius 3 is 2.38 bits per heavy atom. The molecule has 5 nitrogen and oxygen atoms in total. The molecule has 0 spiro atoms. The lowest BCUT2D eigenvalue weighted by Gasteiger charge is -2.21. The van der Waals surface area contributed by atoms with Gasteiger partial charge in [0.25, 0.3) is 5.91 Å². The summed E-state index contributed by atoms with van der Waals surface area (Å²) in [7, 11) is -1.98. The molecule has 2 aromatic rings. The number of hydrogen-bond donors (Lipinski definition) is 1. The van der Waals surface area contributed by atoms with Crippen LogP contribution in [0.25, 0.3) is 0 Å². The van der Waals surface area contributed by atoms with Crippen molar-refractivity contribution >= 4 is 33.4 Å². The molecule has 0 fully saturated rings. The number of hydrogen-bond acceptors (Lipinski definition) is 4. The molecular weight excluding hydrogens is 368 g/mol. The fourth-order valence-electron chi connectivity index (χ4n) is 2.33. The molecule has 0 unspecified atom stereocenters. The van der Waals surface area contributed by atoms with Gasteiger partial charge in [-0.25, -0.2) is 8.42 Å². The molecule has 0 saturated heterocycles. The summed E-state index contributed by atoms with van der Waals surface area (Å²) in [5.74, 6) is 0.625.